The molecule has 1 aliphatic heterocycles. The minimum absolute atomic E-state index is 0.670. The molecule has 0 radical (unpaired) electrons. The number of aromatic nitrogens is 1. The Labute approximate surface area is 148 Å². The van der Waals surface area contributed by atoms with Crippen LogP contribution in [0.15, 0.2) is 48.8 Å². The fourth-order valence-corrected chi connectivity index (χ4v) is 3.12. The van der Waals surface area contributed by atoms with Crippen LogP contribution >= 0.6 is 0 Å². The summed E-state index contributed by atoms with van der Waals surface area (Å²) in [5, 5.41) is 0. The first-order chi connectivity index (χ1) is 12.3. The number of amides is 1. The Bertz CT molecular complexity index is 672. The van der Waals surface area contributed by atoms with E-state index in [2.05, 4.69) is 20.9 Å². The number of para-hydroxylation sites is 2. The van der Waals surface area contributed by atoms with Crippen molar-refractivity contribution >= 4 is 17.8 Å². The predicted octanol–water partition coefficient (Wildman–Crippen LogP) is 1.88. The van der Waals surface area contributed by atoms with E-state index in [4.69, 9.17) is 4.74 Å². The van der Waals surface area contributed by atoms with E-state index in [9.17, 15) is 4.79 Å². The van der Waals surface area contributed by atoms with Gasteiger partial charge in [-0.15, -0.1) is 0 Å². The monoisotopic (exact) mass is 340 g/mol. The van der Waals surface area contributed by atoms with Crippen molar-refractivity contribution in [1.29, 1.82) is 0 Å². The summed E-state index contributed by atoms with van der Waals surface area (Å²) in [6.07, 6.45) is 4.31. The molecular weight excluding hydrogens is 316 g/mol. The zero-order valence-corrected chi connectivity index (χ0v) is 14.5. The molecule has 2 aromatic rings. The molecule has 3 rings (SSSR count). The second kappa shape index (κ2) is 8.48. The molecule has 1 amide bonds. The lowest BCUT2D eigenvalue weighted by molar-refractivity contribution is -0.107. The Hall–Kier alpha value is -2.60. The van der Waals surface area contributed by atoms with Crippen LogP contribution in [-0.2, 0) is 4.79 Å². The summed E-state index contributed by atoms with van der Waals surface area (Å²) < 4.78 is 5.46. The van der Waals surface area contributed by atoms with Crippen molar-refractivity contribution < 1.29 is 9.53 Å². The van der Waals surface area contributed by atoms with Gasteiger partial charge < -0.3 is 14.5 Å². The van der Waals surface area contributed by atoms with E-state index in [1.807, 2.05) is 30.3 Å². The minimum Gasteiger partial charge on any atom is -0.495 e. The zero-order chi connectivity index (χ0) is 17.5. The number of methoxy groups -OCH3 is 1. The van der Waals surface area contributed by atoms with Gasteiger partial charge in [0.05, 0.1) is 24.7 Å². The number of rotatable bonds is 7. The molecule has 1 aromatic heterocycles. The van der Waals surface area contributed by atoms with E-state index in [1.54, 1.807) is 24.4 Å². The maximum atomic E-state index is 11.3. The van der Waals surface area contributed by atoms with Crippen LogP contribution < -0.4 is 14.5 Å². The SMILES string of the molecule is COc1ccccc1N1CCN(CCN(C=O)c2cccnc2)CC1. The Morgan fingerprint density at radius 3 is 2.64 bits per heavy atom. The zero-order valence-electron chi connectivity index (χ0n) is 14.5. The number of hydrogen-bond acceptors (Lipinski definition) is 5. The third-order valence-corrected chi connectivity index (χ3v) is 4.56. The number of ether oxygens (including phenoxy) is 1. The van der Waals surface area contributed by atoms with Crippen LogP contribution in [0.2, 0.25) is 0 Å². The highest BCUT2D eigenvalue weighted by Crippen LogP contribution is 2.28. The lowest BCUT2D eigenvalue weighted by Gasteiger charge is -2.37. The summed E-state index contributed by atoms with van der Waals surface area (Å²) in [4.78, 5) is 21.9. The van der Waals surface area contributed by atoms with Gasteiger partial charge in [-0.3, -0.25) is 14.7 Å². The van der Waals surface area contributed by atoms with Crippen LogP contribution in [0.3, 0.4) is 0 Å². The predicted molar refractivity (Wildman–Crippen MR) is 99.3 cm³/mol. The summed E-state index contributed by atoms with van der Waals surface area (Å²) in [6.45, 7) is 5.37. The third-order valence-electron chi connectivity index (χ3n) is 4.56. The van der Waals surface area contributed by atoms with Crippen LogP contribution in [0.4, 0.5) is 11.4 Å². The topological polar surface area (TPSA) is 48.9 Å². The van der Waals surface area contributed by atoms with Gasteiger partial charge in [0, 0.05) is 45.5 Å². The van der Waals surface area contributed by atoms with Crippen molar-refractivity contribution in [3.63, 3.8) is 0 Å². The summed E-state index contributed by atoms with van der Waals surface area (Å²) in [6, 6.07) is 11.9. The van der Waals surface area contributed by atoms with Crippen LogP contribution in [0.1, 0.15) is 0 Å². The van der Waals surface area contributed by atoms with Gasteiger partial charge in [0.2, 0.25) is 6.41 Å². The van der Waals surface area contributed by atoms with Gasteiger partial charge in [-0.1, -0.05) is 12.1 Å². The molecular formula is C19H24N4O2. The number of nitrogens with zero attached hydrogens (tertiary/aromatic N) is 4. The van der Waals surface area contributed by atoms with E-state index in [-0.39, 0.29) is 0 Å². The molecule has 0 unspecified atom stereocenters. The van der Waals surface area contributed by atoms with Crippen molar-refractivity contribution in [2.45, 2.75) is 0 Å². The van der Waals surface area contributed by atoms with Crippen molar-refractivity contribution in [3.05, 3.63) is 48.8 Å². The highest BCUT2D eigenvalue weighted by molar-refractivity contribution is 5.74. The van der Waals surface area contributed by atoms with Gasteiger partial charge in [0.25, 0.3) is 0 Å². The third kappa shape index (κ3) is 4.28. The first kappa shape index (κ1) is 17.2. The van der Waals surface area contributed by atoms with Crippen molar-refractivity contribution in [2.75, 3.05) is 56.2 Å². The summed E-state index contributed by atoms with van der Waals surface area (Å²) in [5.41, 5.74) is 1.99. The van der Waals surface area contributed by atoms with Gasteiger partial charge in [-0.25, -0.2) is 0 Å². The average molecular weight is 340 g/mol. The Morgan fingerprint density at radius 2 is 1.96 bits per heavy atom. The molecule has 1 fully saturated rings. The maximum absolute atomic E-state index is 11.3. The number of carbonyl (C=O) groups excluding carboxylic acids is 1. The van der Waals surface area contributed by atoms with Crippen molar-refractivity contribution in [1.82, 2.24) is 9.88 Å². The number of carbonyl (C=O) groups is 1. The molecule has 2 heterocycles. The van der Waals surface area contributed by atoms with Crippen LogP contribution in [0.25, 0.3) is 0 Å². The number of pyridine rings is 1. The van der Waals surface area contributed by atoms with Gasteiger partial charge in [0.15, 0.2) is 0 Å². The molecule has 0 bridgehead atoms. The molecule has 1 aromatic carbocycles. The second-order valence-corrected chi connectivity index (χ2v) is 6.01. The molecule has 6 nitrogen and oxygen atoms in total. The standard InChI is InChI=1S/C19H24N4O2/c1-25-19-7-3-2-6-18(19)22-12-9-21(10-13-22)11-14-23(16-24)17-5-4-8-20-15-17/h2-8,15-16H,9-14H2,1H3. The molecule has 25 heavy (non-hydrogen) atoms. The number of piperazine rings is 1. The molecule has 6 heteroatoms. The number of hydrogen-bond donors (Lipinski definition) is 0. The largest absolute Gasteiger partial charge is 0.495 e. The van der Waals surface area contributed by atoms with Crippen molar-refractivity contribution in [3.8, 4) is 5.75 Å². The average Bonchev–Trinajstić information content (AvgIpc) is 2.70. The van der Waals surface area contributed by atoms with Gasteiger partial charge in [-0.05, 0) is 24.3 Å². The smallest absolute Gasteiger partial charge is 0.214 e. The fraction of sp³-hybridized carbons (Fsp3) is 0.368. The maximum Gasteiger partial charge on any atom is 0.214 e. The molecule has 1 saturated heterocycles. The molecule has 0 spiro atoms. The molecule has 0 aliphatic carbocycles. The number of anilines is 2. The molecule has 1 aliphatic rings. The fourth-order valence-electron chi connectivity index (χ4n) is 3.12. The van der Waals surface area contributed by atoms with Crippen LogP contribution in [0.5, 0.6) is 5.75 Å². The van der Waals surface area contributed by atoms with E-state index >= 15 is 0 Å². The van der Waals surface area contributed by atoms with E-state index in [1.165, 1.54) is 0 Å². The lowest BCUT2D eigenvalue weighted by Crippen LogP contribution is -2.48. The van der Waals surface area contributed by atoms with E-state index in [0.717, 1.165) is 56.3 Å². The van der Waals surface area contributed by atoms with Gasteiger partial charge >= 0.3 is 0 Å². The number of benzene rings is 1. The van der Waals surface area contributed by atoms with E-state index < -0.39 is 0 Å². The second-order valence-electron chi connectivity index (χ2n) is 6.01. The first-order valence-corrected chi connectivity index (χ1v) is 8.54. The van der Waals surface area contributed by atoms with Crippen molar-refractivity contribution in [2.24, 2.45) is 0 Å². The van der Waals surface area contributed by atoms with E-state index in [0.29, 0.717) is 6.54 Å². The van der Waals surface area contributed by atoms with Crippen LogP contribution in [-0.4, -0.2) is 62.7 Å². The van der Waals surface area contributed by atoms with Crippen LogP contribution in [0, 0.1) is 0 Å². The quantitative estimate of drug-likeness (QED) is 0.720. The highest BCUT2D eigenvalue weighted by Gasteiger charge is 2.19. The summed E-state index contributed by atoms with van der Waals surface area (Å²) in [7, 11) is 1.71. The Kier molecular flexibility index (Phi) is 5.85. The molecule has 132 valence electrons. The Balaban J connectivity index is 1.52. The lowest BCUT2D eigenvalue weighted by atomic mass is 10.2. The Morgan fingerprint density at radius 1 is 1.16 bits per heavy atom. The molecule has 0 atom stereocenters. The minimum atomic E-state index is 0.670. The molecule has 0 saturated carbocycles. The highest BCUT2D eigenvalue weighted by atomic mass is 16.5. The first-order valence-electron chi connectivity index (χ1n) is 8.54. The summed E-state index contributed by atoms with van der Waals surface area (Å²) in [5.74, 6) is 0.916. The normalized spacial score (nSPS) is 15.0. The molecule has 0 N–H and O–H groups in total. The van der Waals surface area contributed by atoms with Gasteiger partial charge in [0.1, 0.15) is 5.75 Å². The summed E-state index contributed by atoms with van der Waals surface area (Å²) >= 11 is 0. The van der Waals surface area contributed by atoms with Gasteiger partial charge in [-0.2, -0.15) is 0 Å².